The van der Waals surface area contributed by atoms with Crippen LogP contribution in [0.4, 0.5) is 10.2 Å². The van der Waals surface area contributed by atoms with Crippen LogP contribution in [0, 0.1) is 5.82 Å². The monoisotopic (exact) mass is 478 g/mol. The SMILES string of the molecule is COc1ccc(S(=O)(=O)N2CCN(c3cc(Oc4ccc(F)c(Cl)c4)ncn3)CC2)cc1. The van der Waals surface area contributed by atoms with Gasteiger partial charge in [-0.25, -0.2) is 22.8 Å². The van der Waals surface area contributed by atoms with Crippen molar-refractivity contribution < 1.29 is 22.3 Å². The van der Waals surface area contributed by atoms with Crippen LogP contribution in [0.25, 0.3) is 0 Å². The van der Waals surface area contributed by atoms with Gasteiger partial charge in [-0.05, 0) is 36.4 Å². The molecule has 1 aromatic heterocycles. The Balaban J connectivity index is 1.42. The first-order valence-corrected chi connectivity index (χ1v) is 11.5. The third-order valence-electron chi connectivity index (χ3n) is 5.00. The predicted molar refractivity (Wildman–Crippen MR) is 117 cm³/mol. The molecule has 0 N–H and O–H groups in total. The van der Waals surface area contributed by atoms with Crippen LogP contribution < -0.4 is 14.4 Å². The van der Waals surface area contributed by atoms with E-state index in [9.17, 15) is 12.8 Å². The molecule has 1 fully saturated rings. The second kappa shape index (κ2) is 9.27. The normalized spacial score (nSPS) is 14.9. The highest BCUT2D eigenvalue weighted by atomic mass is 35.5. The van der Waals surface area contributed by atoms with E-state index in [0.29, 0.717) is 43.5 Å². The fourth-order valence-corrected chi connectivity index (χ4v) is 4.87. The van der Waals surface area contributed by atoms with Crippen molar-refractivity contribution in [2.45, 2.75) is 4.90 Å². The molecule has 4 rings (SSSR count). The van der Waals surface area contributed by atoms with Crippen LogP contribution in [-0.2, 0) is 10.0 Å². The lowest BCUT2D eigenvalue weighted by atomic mass is 10.3. The van der Waals surface area contributed by atoms with Crippen LogP contribution in [0.3, 0.4) is 0 Å². The van der Waals surface area contributed by atoms with Gasteiger partial charge in [0.05, 0.1) is 17.0 Å². The van der Waals surface area contributed by atoms with Gasteiger partial charge in [0.15, 0.2) is 0 Å². The zero-order valence-corrected chi connectivity index (χ0v) is 18.7. The van der Waals surface area contributed by atoms with Crippen molar-refractivity contribution in [3.63, 3.8) is 0 Å². The number of hydrogen-bond acceptors (Lipinski definition) is 7. The fourth-order valence-electron chi connectivity index (χ4n) is 3.27. The molecule has 0 atom stereocenters. The Hall–Kier alpha value is -2.95. The molecule has 0 amide bonds. The molecule has 0 bridgehead atoms. The summed E-state index contributed by atoms with van der Waals surface area (Å²) in [6.07, 6.45) is 1.36. The molecule has 168 valence electrons. The number of hydrogen-bond donors (Lipinski definition) is 0. The summed E-state index contributed by atoms with van der Waals surface area (Å²) in [4.78, 5) is 10.5. The smallest absolute Gasteiger partial charge is 0.243 e. The molecule has 2 aromatic carbocycles. The van der Waals surface area contributed by atoms with Gasteiger partial charge >= 0.3 is 0 Å². The van der Waals surface area contributed by atoms with Crippen molar-refractivity contribution in [2.24, 2.45) is 0 Å². The number of aromatic nitrogens is 2. The molecule has 3 aromatic rings. The summed E-state index contributed by atoms with van der Waals surface area (Å²) in [7, 11) is -2.07. The maximum absolute atomic E-state index is 13.3. The number of methoxy groups -OCH3 is 1. The molecule has 2 heterocycles. The lowest BCUT2D eigenvalue weighted by Crippen LogP contribution is -2.48. The number of benzene rings is 2. The molecule has 0 spiro atoms. The molecule has 1 aliphatic rings. The van der Waals surface area contributed by atoms with Crippen molar-refractivity contribution in [3.8, 4) is 17.4 Å². The van der Waals surface area contributed by atoms with E-state index < -0.39 is 15.8 Å². The van der Waals surface area contributed by atoms with Crippen LogP contribution in [-0.4, -0.2) is 56.0 Å². The van der Waals surface area contributed by atoms with Gasteiger partial charge in [-0.15, -0.1) is 0 Å². The zero-order chi connectivity index (χ0) is 22.7. The van der Waals surface area contributed by atoms with Crippen LogP contribution in [0.5, 0.6) is 17.4 Å². The molecule has 0 radical (unpaired) electrons. The minimum atomic E-state index is -3.60. The minimum Gasteiger partial charge on any atom is -0.497 e. The van der Waals surface area contributed by atoms with Crippen molar-refractivity contribution >= 4 is 27.4 Å². The predicted octanol–water partition coefficient (Wildman–Crippen LogP) is 3.58. The highest BCUT2D eigenvalue weighted by molar-refractivity contribution is 7.89. The number of sulfonamides is 1. The van der Waals surface area contributed by atoms with Gasteiger partial charge in [0.25, 0.3) is 0 Å². The van der Waals surface area contributed by atoms with Crippen LogP contribution >= 0.6 is 11.6 Å². The first kappa shape index (κ1) is 22.3. The van der Waals surface area contributed by atoms with E-state index in [2.05, 4.69) is 9.97 Å². The highest BCUT2D eigenvalue weighted by Gasteiger charge is 2.29. The number of piperazine rings is 1. The Morgan fingerprint density at radius 2 is 1.66 bits per heavy atom. The van der Waals surface area contributed by atoms with Crippen LogP contribution in [0.15, 0.2) is 59.8 Å². The van der Waals surface area contributed by atoms with Gasteiger partial charge in [0.1, 0.15) is 29.5 Å². The van der Waals surface area contributed by atoms with E-state index in [0.717, 1.165) is 0 Å². The lowest BCUT2D eigenvalue weighted by molar-refractivity contribution is 0.383. The van der Waals surface area contributed by atoms with Gasteiger partial charge < -0.3 is 14.4 Å². The Bertz CT molecular complexity index is 1200. The largest absolute Gasteiger partial charge is 0.497 e. The molecular formula is C21H20ClFN4O4S. The molecule has 0 aliphatic carbocycles. The first-order chi connectivity index (χ1) is 15.4. The third-order valence-corrected chi connectivity index (χ3v) is 7.20. The molecule has 0 unspecified atom stereocenters. The third kappa shape index (κ3) is 4.77. The molecule has 1 saturated heterocycles. The van der Waals surface area contributed by atoms with E-state index in [1.165, 1.54) is 48.1 Å². The maximum atomic E-state index is 13.3. The topological polar surface area (TPSA) is 84.9 Å². The van der Waals surface area contributed by atoms with Gasteiger partial charge in [0.2, 0.25) is 15.9 Å². The van der Waals surface area contributed by atoms with Crippen LogP contribution in [0.1, 0.15) is 0 Å². The van der Waals surface area contributed by atoms with E-state index in [1.807, 2.05) is 4.90 Å². The summed E-state index contributed by atoms with van der Waals surface area (Å²) in [5.41, 5.74) is 0. The number of nitrogens with zero attached hydrogens (tertiary/aromatic N) is 4. The van der Waals surface area contributed by atoms with Gasteiger partial charge in [-0.2, -0.15) is 4.31 Å². The van der Waals surface area contributed by atoms with E-state index in [-0.39, 0.29) is 15.8 Å². The molecular weight excluding hydrogens is 459 g/mol. The Labute approximate surface area is 190 Å². The number of anilines is 1. The number of rotatable bonds is 6. The molecule has 1 aliphatic heterocycles. The quantitative estimate of drug-likeness (QED) is 0.535. The fraction of sp³-hybridized carbons (Fsp3) is 0.238. The number of halogens is 2. The standard InChI is InChI=1S/C21H20ClFN4O4S/c1-30-15-2-5-17(6-3-15)32(28,29)27-10-8-26(9-11-27)20-13-21(25-14-24-20)31-16-4-7-19(23)18(22)12-16/h2-7,12-14H,8-11H2,1H3. The summed E-state index contributed by atoms with van der Waals surface area (Å²) in [6, 6.07) is 12.0. The first-order valence-electron chi connectivity index (χ1n) is 9.71. The molecule has 0 saturated carbocycles. The van der Waals surface area contributed by atoms with Crippen molar-refractivity contribution in [2.75, 3.05) is 38.2 Å². The summed E-state index contributed by atoms with van der Waals surface area (Å²) < 4.78 is 51.4. The highest BCUT2D eigenvalue weighted by Crippen LogP contribution is 2.27. The van der Waals surface area contributed by atoms with Crippen molar-refractivity contribution in [1.29, 1.82) is 0 Å². The molecule has 8 nitrogen and oxygen atoms in total. The minimum absolute atomic E-state index is 0.0500. The van der Waals surface area contributed by atoms with Crippen molar-refractivity contribution in [1.82, 2.24) is 14.3 Å². The molecule has 32 heavy (non-hydrogen) atoms. The van der Waals surface area contributed by atoms with Crippen molar-refractivity contribution in [3.05, 3.63) is 65.7 Å². The zero-order valence-electron chi connectivity index (χ0n) is 17.1. The van der Waals surface area contributed by atoms with Gasteiger partial charge in [-0.1, -0.05) is 11.6 Å². The molecule has 11 heteroatoms. The summed E-state index contributed by atoms with van der Waals surface area (Å²) in [6.45, 7) is 1.52. The summed E-state index contributed by atoms with van der Waals surface area (Å²) in [5, 5.41) is -0.0500. The average Bonchev–Trinajstić information content (AvgIpc) is 2.82. The summed E-state index contributed by atoms with van der Waals surface area (Å²) >= 11 is 5.79. The lowest BCUT2D eigenvalue weighted by Gasteiger charge is -2.34. The van der Waals surface area contributed by atoms with E-state index in [1.54, 1.807) is 18.2 Å². The average molecular weight is 479 g/mol. The maximum Gasteiger partial charge on any atom is 0.243 e. The Kier molecular flexibility index (Phi) is 6.45. The van der Waals surface area contributed by atoms with Gasteiger partial charge in [-0.3, -0.25) is 0 Å². The number of ether oxygens (including phenoxy) is 2. The second-order valence-corrected chi connectivity index (χ2v) is 9.30. The van der Waals surface area contributed by atoms with Crippen LogP contribution in [0.2, 0.25) is 5.02 Å². The van der Waals surface area contributed by atoms with E-state index in [4.69, 9.17) is 21.1 Å². The van der Waals surface area contributed by atoms with E-state index >= 15 is 0 Å². The Morgan fingerprint density at radius 1 is 0.969 bits per heavy atom. The second-order valence-electron chi connectivity index (χ2n) is 6.96. The van der Waals surface area contributed by atoms with Gasteiger partial charge in [0, 0.05) is 38.3 Å². The Morgan fingerprint density at radius 3 is 2.31 bits per heavy atom. The summed E-state index contributed by atoms with van der Waals surface area (Å²) in [5.74, 6) is 1.27.